The number of nitrogens with zero attached hydrogens (tertiary/aromatic N) is 5. The molecule has 1 amide bonds. The first kappa shape index (κ1) is 17.4. The van der Waals surface area contributed by atoms with Gasteiger partial charge in [-0.25, -0.2) is 9.97 Å². The summed E-state index contributed by atoms with van der Waals surface area (Å²) in [6.07, 6.45) is 7.36. The zero-order valence-corrected chi connectivity index (χ0v) is 14.9. The fourth-order valence-corrected chi connectivity index (χ4v) is 3.23. The van der Waals surface area contributed by atoms with Crippen molar-refractivity contribution in [2.24, 2.45) is 0 Å². The van der Waals surface area contributed by atoms with Gasteiger partial charge in [-0.05, 0) is 39.1 Å². The third-order valence-electron chi connectivity index (χ3n) is 4.72. The molecule has 0 spiro atoms. The maximum absolute atomic E-state index is 12.6. The van der Waals surface area contributed by atoms with E-state index in [0.29, 0.717) is 17.3 Å². The van der Waals surface area contributed by atoms with Crippen molar-refractivity contribution in [3.05, 3.63) is 42.1 Å². The number of hydrogen-bond donors (Lipinski definition) is 1. The van der Waals surface area contributed by atoms with E-state index >= 15 is 0 Å². The number of nitrogen functional groups attached to an aromatic ring is 1. The van der Waals surface area contributed by atoms with E-state index in [1.54, 1.807) is 18.3 Å². The van der Waals surface area contributed by atoms with Crippen LogP contribution in [0.2, 0.25) is 0 Å². The summed E-state index contributed by atoms with van der Waals surface area (Å²) in [5.41, 5.74) is 6.18. The Bertz CT molecular complexity index is 701. The highest BCUT2D eigenvalue weighted by atomic mass is 16.2. The summed E-state index contributed by atoms with van der Waals surface area (Å²) in [5.74, 6) is 2.01. The number of imidazole rings is 1. The van der Waals surface area contributed by atoms with E-state index in [-0.39, 0.29) is 5.91 Å². The number of aromatic nitrogens is 3. The average Bonchev–Trinajstić information content (AvgIpc) is 3.09. The van der Waals surface area contributed by atoms with Crippen LogP contribution in [0, 0.1) is 0 Å². The molecule has 7 nitrogen and oxygen atoms in total. The summed E-state index contributed by atoms with van der Waals surface area (Å²) in [5, 5.41) is 0. The molecule has 7 heteroatoms. The van der Waals surface area contributed by atoms with Crippen LogP contribution < -0.4 is 5.73 Å². The summed E-state index contributed by atoms with van der Waals surface area (Å²) < 4.78 is 2.24. The van der Waals surface area contributed by atoms with Crippen LogP contribution in [0.1, 0.15) is 34.9 Å². The Hall–Kier alpha value is -2.41. The van der Waals surface area contributed by atoms with E-state index in [1.165, 1.54) is 0 Å². The van der Waals surface area contributed by atoms with Crippen LogP contribution >= 0.6 is 0 Å². The van der Waals surface area contributed by atoms with Crippen molar-refractivity contribution in [1.29, 1.82) is 0 Å². The lowest BCUT2D eigenvalue weighted by Gasteiger charge is -2.32. The smallest absolute Gasteiger partial charge is 0.255 e. The van der Waals surface area contributed by atoms with Crippen molar-refractivity contribution in [1.82, 2.24) is 24.3 Å². The maximum Gasteiger partial charge on any atom is 0.255 e. The summed E-state index contributed by atoms with van der Waals surface area (Å²) >= 11 is 0. The lowest BCUT2D eigenvalue weighted by Crippen LogP contribution is -2.38. The predicted octanol–water partition coefficient (Wildman–Crippen LogP) is 1.44. The predicted molar refractivity (Wildman–Crippen MR) is 97.3 cm³/mol. The molecule has 2 N–H and O–H groups in total. The molecule has 0 aromatic carbocycles. The summed E-state index contributed by atoms with van der Waals surface area (Å²) in [4.78, 5) is 25.2. The monoisotopic (exact) mass is 342 g/mol. The number of amides is 1. The normalized spacial score (nSPS) is 15.7. The number of hydrogen-bond acceptors (Lipinski definition) is 5. The highest BCUT2D eigenvalue weighted by Crippen LogP contribution is 2.27. The van der Waals surface area contributed by atoms with Gasteiger partial charge in [0.05, 0.1) is 5.56 Å². The van der Waals surface area contributed by atoms with Crippen molar-refractivity contribution >= 4 is 11.7 Å². The average molecular weight is 342 g/mol. The van der Waals surface area contributed by atoms with Gasteiger partial charge in [-0.2, -0.15) is 0 Å². The van der Waals surface area contributed by atoms with E-state index in [1.807, 2.05) is 11.1 Å². The first-order valence-electron chi connectivity index (χ1n) is 8.71. The molecule has 25 heavy (non-hydrogen) atoms. The quantitative estimate of drug-likeness (QED) is 0.889. The van der Waals surface area contributed by atoms with Crippen LogP contribution in [-0.2, 0) is 6.54 Å². The number of carbonyl (C=O) groups excluding carboxylic acids is 1. The molecule has 0 aliphatic carbocycles. The van der Waals surface area contributed by atoms with Gasteiger partial charge in [0.15, 0.2) is 0 Å². The Morgan fingerprint density at radius 3 is 2.68 bits per heavy atom. The van der Waals surface area contributed by atoms with Crippen LogP contribution in [0.3, 0.4) is 0 Å². The Morgan fingerprint density at radius 2 is 2.04 bits per heavy atom. The topological polar surface area (TPSA) is 80.3 Å². The highest BCUT2D eigenvalue weighted by molar-refractivity contribution is 5.94. The minimum atomic E-state index is 0.0295. The Balaban J connectivity index is 1.59. The van der Waals surface area contributed by atoms with Crippen LogP contribution in [0.5, 0.6) is 0 Å². The SMILES string of the molecule is CN(C)CCn1ccnc1C1CCN(C(=O)c2ccc(N)nc2)CC1. The van der Waals surface area contributed by atoms with E-state index in [0.717, 1.165) is 44.8 Å². The number of pyridine rings is 1. The molecule has 3 rings (SSSR count). The molecule has 134 valence electrons. The van der Waals surface area contributed by atoms with Gasteiger partial charge < -0.3 is 20.1 Å². The van der Waals surface area contributed by atoms with Crippen LogP contribution in [0.25, 0.3) is 0 Å². The van der Waals surface area contributed by atoms with Crippen molar-refractivity contribution in [3.63, 3.8) is 0 Å². The molecule has 1 aliphatic heterocycles. The molecule has 0 bridgehead atoms. The number of anilines is 1. The second kappa shape index (κ2) is 7.65. The Kier molecular flexibility index (Phi) is 5.33. The fraction of sp³-hybridized carbons (Fsp3) is 0.500. The van der Waals surface area contributed by atoms with Gasteiger partial charge in [0.2, 0.25) is 0 Å². The lowest BCUT2D eigenvalue weighted by molar-refractivity contribution is 0.0710. The number of likely N-dealkylation sites (N-methyl/N-ethyl adjacent to an activating group) is 1. The first-order valence-corrected chi connectivity index (χ1v) is 8.71. The van der Waals surface area contributed by atoms with Crippen LogP contribution in [0.4, 0.5) is 5.82 Å². The molecular formula is C18H26N6O. The lowest BCUT2D eigenvalue weighted by atomic mass is 9.95. The van der Waals surface area contributed by atoms with Gasteiger partial charge in [-0.3, -0.25) is 4.79 Å². The third kappa shape index (κ3) is 4.17. The second-order valence-corrected chi connectivity index (χ2v) is 6.82. The summed E-state index contributed by atoms with van der Waals surface area (Å²) in [6.45, 7) is 3.42. The molecule has 1 saturated heterocycles. The van der Waals surface area contributed by atoms with E-state index < -0.39 is 0 Å². The second-order valence-electron chi connectivity index (χ2n) is 6.82. The van der Waals surface area contributed by atoms with Gasteiger partial charge in [-0.1, -0.05) is 0 Å². The van der Waals surface area contributed by atoms with Gasteiger partial charge >= 0.3 is 0 Å². The minimum absolute atomic E-state index is 0.0295. The molecule has 2 aromatic heterocycles. The molecule has 0 unspecified atom stereocenters. The molecule has 1 aliphatic rings. The highest BCUT2D eigenvalue weighted by Gasteiger charge is 2.27. The van der Waals surface area contributed by atoms with Crippen molar-refractivity contribution in [3.8, 4) is 0 Å². The van der Waals surface area contributed by atoms with Crippen LogP contribution in [-0.4, -0.2) is 64.0 Å². The van der Waals surface area contributed by atoms with Gasteiger partial charge in [0.1, 0.15) is 11.6 Å². The van der Waals surface area contributed by atoms with Gasteiger partial charge in [-0.15, -0.1) is 0 Å². The Morgan fingerprint density at radius 1 is 1.28 bits per heavy atom. The van der Waals surface area contributed by atoms with E-state index in [4.69, 9.17) is 5.73 Å². The number of piperidine rings is 1. The third-order valence-corrected chi connectivity index (χ3v) is 4.72. The maximum atomic E-state index is 12.6. The van der Waals surface area contributed by atoms with Crippen molar-refractivity contribution in [2.75, 3.05) is 39.5 Å². The number of carbonyl (C=O) groups is 1. The summed E-state index contributed by atoms with van der Waals surface area (Å²) in [7, 11) is 4.15. The van der Waals surface area contributed by atoms with Crippen molar-refractivity contribution in [2.45, 2.75) is 25.3 Å². The van der Waals surface area contributed by atoms with E-state index in [9.17, 15) is 4.79 Å². The molecule has 0 saturated carbocycles. The molecule has 0 atom stereocenters. The van der Waals surface area contributed by atoms with E-state index in [2.05, 4.69) is 39.7 Å². The standard InChI is InChI=1S/C18H26N6O/c1-22(2)11-12-23-10-7-20-17(23)14-5-8-24(9-6-14)18(25)15-3-4-16(19)21-13-15/h3-4,7,10,13-14H,5-6,8-9,11-12H2,1-2H3,(H2,19,21). The number of rotatable bonds is 5. The van der Waals surface area contributed by atoms with Gasteiger partial charge in [0, 0.05) is 50.7 Å². The zero-order chi connectivity index (χ0) is 17.8. The Labute approximate surface area is 148 Å². The minimum Gasteiger partial charge on any atom is -0.384 e. The fourth-order valence-electron chi connectivity index (χ4n) is 3.23. The zero-order valence-electron chi connectivity index (χ0n) is 14.9. The largest absolute Gasteiger partial charge is 0.384 e. The molecular weight excluding hydrogens is 316 g/mol. The van der Waals surface area contributed by atoms with Crippen LogP contribution in [0.15, 0.2) is 30.7 Å². The summed E-state index contributed by atoms with van der Waals surface area (Å²) in [6, 6.07) is 3.41. The number of nitrogens with two attached hydrogens (primary N) is 1. The van der Waals surface area contributed by atoms with Crippen molar-refractivity contribution < 1.29 is 4.79 Å². The number of likely N-dealkylation sites (tertiary alicyclic amines) is 1. The molecule has 1 fully saturated rings. The first-order chi connectivity index (χ1) is 12.0. The van der Waals surface area contributed by atoms with Gasteiger partial charge in [0.25, 0.3) is 5.91 Å². The molecule has 0 radical (unpaired) electrons. The molecule has 2 aromatic rings. The molecule has 3 heterocycles.